The molecule has 16 nitrogen and oxygen atoms in total. The fraction of sp³-hybridized carbons (Fsp3) is 0.451. The van der Waals surface area contributed by atoms with Crippen LogP contribution >= 0.6 is 0 Å². The van der Waals surface area contributed by atoms with Crippen LogP contribution in [-0.4, -0.2) is 175 Å². The number of piperazine rings is 2. The number of aliphatic hydroxyl groups is 1. The Labute approximate surface area is 531 Å². The molecule has 8 aliphatic heterocycles. The summed E-state index contributed by atoms with van der Waals surface area (Å²) >= 11 is 0. The molecule has 4 N–H and O–H groups in total. The number of anilines is 2. The molecule has 1 aliphatic carbocycles. The molecule has 9 aliphatic rings. The van der Waals surface area contributed by atoms with Crippen LogP contribution < -0.4 is 24.6 Å². The average Bonchev–Trinajstić information content (AvgIpc) is 1.56. The minimum Gasteiger partial charge on any atom is -0.508 e. The van der Waals surface area contributed by atoms with Gasteiger partial charge in [-0.1, -0.05) is 24.0 Å². The Morgan fingerprint density at radius 1 is 0.667 bits per heavy atom. The second-order valence-corrected chi connectivity index (χ2v) is 27.8. The number of aromatic nitrogens is 5. The molecule has 4 bridgehead atoms. The molecule has 0 radical (unpaired) electrons. The number of aromatic hydroxyl groups is 2. The van der Waals surface area contributed by atoms with Crippen molar-refractivity contribution < 1.29 is 51.1 Å². The quantitative estimate of drug-likeness (QED) is 0.0634. The van der Waals surface area contributed by atoms with Crippen LogP contribution in [0.3, 0.4) is 0 Å². The van der Waals surface area contributed by atoms with E-state index in [1.807, 2.05) is 4.90 Å². The molecule has 0 amide bonds. The third-order valence-electron chi connectivity index (χ3n) is 22.4. The Kier molecular flexibility index (Phi) is 13.6. The molecule has 8 aromatic rings. The van der Waals surface area contributed by atoms with Gasteiger partial charge in [0.05, 0.1) is 40.2 Å². The van der Waals surface area contributed by atoms with E-state index in [-0.39, 0.29) is 151 Å². The average molecular weight is 1270 g/mol. The van der Waals surface area contributed by atoms with Crippen molar-refractivity contribution >= 4 is 55.0 Å². The number of fused-ring (bicyclic) bond motifs is 10. The molecule has 9 fully saturated rings. The number of aliphatic hydroxyl groups excluding tert-OH is 1. The summed E-state index contributed by atoms with van der Waals surface area (Å²) in [7, 11) is 0. The minimum atomic E-state index is -1.64. The largest absolute Gasteiger partial charge is 0.508 e. The summed E-state index contributed by atoms with van der Waals surface area (Å²) in [6, 6.07) is 11.7. The van der Waals surface area contributed by atoms with E-state index >= 15 is 26.3 Å². The molecule has 93 heavy (non-hydrogen) atoms. The molecule has 5 aromatic carbocycles. The first-order valence-electron chi connectivity index (χ1n) is 32.5. The second-order valence-electron chi connectivity index (χ2n) is 27.8. The Bertz CT molecular complexity index is 4540. The molecule has 3 aromatic heterocycles. The zero-order valence-corrected chi connectivity index (χ0v) is 50.9. The fourth-order valence-electron chi connectivity index (χ4n) is 18.2. The third kappa shape index (κ3) is 9.34. The van der Waals surface area contributed by atoms with Gasteiger partial charge in [-0.25, -0.2) is 26.3 Å². The van der Waals surface area contributed by atoms with E-state index in [0.717, 1.165) is 57.9 Å². The highest BCUT2D eigenvalue weighted by atomic mass is 19.2. The summed E-state index contributed by atoms with van der Waals surface area (Å²) in [6.07, 6.45) is 18.6. The molecule has 5 unspecified atom stereocenters. The molecule has 22 heteroatoms. The van der Waals surface area contributed by atoms with E-state index < -0.39 is 52.7 Å². The smallest absolute Gasteiger partial charge is 0.319 e. The van der Waals surface area contributed by atoms with Crippen molar-refractivity contribution in [1.29, 1.82) is 0 Å². The predicted molar refractivity (Wildman–Crippen MR) is 339 cm³/mol. The van der Waals surface area contributed by atoms with Crippen molar-refractivity contribution in [3.63, 3.8) is 0 Å². The van der Waals surface area contributed by atoms with Crippen LogP contribution in [0.15, 0.2) is 60.8 Å². The van der Waals surface area contributed by atoms with Gasteiger partial charge in [0.1, 0.15) is 77.1 Å². The summed E-state index contributed by atoms with van der Waals surface area (Å²) in [6.45, 7) is 4.15. The number of hydrogen-bond acceptors (Lipinski definition) is 16. The third-order valence-corrected chi connectivity index (χ3v) is 22.4. The number of ether oxygens (including phenoxy) is 2. The van der Waals surface area contributed by atoms with Crippen molar-refractivity contribution in [2.45, 2.75) is 124 Å². The number of phenols is 2. The van der Waals surface area contributed by atoms with E-state index in [9.17, 15) is 15.3 Å². The number of benzene rings is 5. The van der Waals surface area contributed by atoms with Gasteiger partial charge in [-0.3, -0.25) is 19.7 Å². The molecule has 11 heterocycles. The van der Waals surface area contributed by atoms with Gasteiger partial charge in [0.25, 0.3) is 0 Å². The Morgan fingerprint density at radius 2 is 1.34 bits per heavy atom. The zero-order chi connectivity index (χ0) is 63.6. The number of phenolic OH excluding ortho intramolecular Hbond substituents is 2. The van der Waals surface area contributed by atoms with Gasteiger partial charge in [-0.05, 0) is 134 Å². The lowest BCUT2D eigenvalue weighted by atomic mass is 9.86. The van der Waals surface area contributed by atoms with Gasteiger partial charge in [0.15, 0.2) is 11.6 Å². The Hall–Kier alpha value is -8.25. The highest BCUT2D eigenvalue weighted by molar-refractivity contribution is 6.06. The van der Waals surface area contributed by atoms with Crippen molar-refractivity contribution in [2.24, 2.45) is 5.41 Å². The topological polar surface area (TPSA) is 172 Å². The Balaban J connectivity index is 0.751. The number of halogens is 6. The summed E-state index contributed by atoms with van der Waals surface area (Å²) in [4.78, 5) is 34.7. The number of nitrogens with one attached hydrogen (secondary N) is 1. The van der Waals surface area contributed by atoms with Gasteiger partial charge in [0, 0.05) is 116 Å². The number of hydrogen-bond donors (Lipinski definition) is 4. The molecule has 1 spiro atoms. The normalized spacial score (nSPS) is 27.9. The van der Waals surface area contributed by atoms with Crippen LogP contribution in [0, 0.1) is 53.4 Å². The van der Waals surface area contributed by atoms with E-state index in [1.165, 1.54) is 48.7 Å². The lowest BCUT2D eigenvalue weighted by Gasteiger charge is -2.41. The van der Waals surface area contributed by atoms with Crippen molar-refractivity contribution in [1.82, 2.24) is 44.9 Å². The summed E-state index contributed by atoms with van der Waals surface area (Å²) in [5.41, 5.74) is -2.43. The number of pyridine rings is 1. The van der Waals surface area contributed by atoms with Gasteiger partial charge < -0.3 is 39.9 Å². The molecular weight excluding hydrogens is 1200 g/mol. The number of rotatable bonds is 13. The van der Waals surface area contributed by atoms with E-state index in [0.29, 0.717) is 81.1 Å². The molecule has 9 atom stereocenters. The summed E-state index contributed by atoms with van der Waals surface area (Å²) < 4.78 is 115. The van der Waals surface area contributed by atoms with Crippen LogP contribution in [0.1, 0.15) is 93.4 Å². The van der Waals surface area contributed by atoms with Crippen molar-refractivity contribution in [3.05, 3.63) is 101 Å². The molecule has 8 saturated heterocycles. The van der Waals surface area contributed by atoms with Crippen LogP contribution in [0.4, 0.5) is 38.0 Å². The molecule has 17 rings (SSSR count). The lowest BCUT2D eigenvalue weighted by molar-refractivity contribution is 0.0830. The molecule has 1 saturated carbocycles. The first kappa shape index (κ1) is 58.6. The standard InChI is InChI=1S/C71H67F6N11O5/c1-3-45-54(73)13-6-37-20-43(90)23-52(57(37)45)61-60(77)63-53(27-78-61)66(84-29-39-7-8-40(30-84)79-39)83-68(81-63)93-36-71-26-56(75)64(88(71)34-69(33-71)15-16-69)51-24-55(74)46(4-2)58-49(21-44(91)22-50(51)58)47-11-12-48-62(59(47)76)80-67(92-35-70-14-5-17-86(70)28-38(72)25-70)82-65(48)85-31-41-9-10-42(32-85)87(41)18-19-89/h1-2,6,11-13,20-24,27,38-42,56,64,79,89-91H,5,7-10,14-19,25-26,28-36H2/t38-,39?,40?,41?,42?,56-,64?,70+,71+/m1/s1. The summed E-state index contributed by atoms with van der Waals surface area (Å²) in [5, 5.41) is 37.9. The maximum atomic E-state index is 18.3. The fourth-order valence-corrected chi connectivity index (χ4v) is 18.2. The summed E-state index contributed by atoms with van der Waals surface area (Å²) in [5.74, 6) is 1.93. The molecule has 478 valence electrons. The van der Waals surface area contributed by atoms with Gasteiger partial charge in [-0.2, -0.15) is 19.9 Å². The number of terminal acetylenes is 2. The first-order chi connectivity index (χ1) is 45.0. The SMILES string of the molecule is C#Cc1c(F)ccc2cc(O)cc(-c3ncc4c(N5CC6CCC(C5)N6)nc(OC[C@@]56C[C@@H](F)C(c7cc(F)c(C#C)c8c(-c9ccc%10c(N%11CC%12CCC(C%11)N%12CCO)nc(OC[C@@]%11%12CCCN%11C[C@H](F)C%12)nc%10c9F)cc(O)cc78)N5CC5(CC5)C6)nc4c3F)c12. The number of alkyl halides is 2. The molecular formula is C71H67F6N11O5. The van der Waals surface area contributed by atoms with Crippen LogP contribution in [-0.2, 0) is 0 Å². The second kappa shape index (κ2) is 21.7. The van der Waals surface area contributed by atoms with E-state index in [4.69, 9.17) is 42.3 Å². The highest BCUT2D eigenvalue weighted by Gasteiger charge is 2.66. The minimum absolute atomic E-state index is 0.0201. The first-order valence-corrected chi connectivity index (χ1v) is 32.5. The van der Waals surface area contributed by atoms with E-state index in [2.05, 4.69) is 41.7 Å². The van der Waals surface area contributed by atoms with Crippen molar-refractivity contribution in [2.75, 3.05) is 82.0 Å². The van der Waals surface area contributed by atoms with Gasteiger partial charge in [0.2, 0.25) is 0 Å². The van der Waals surface area contributed by atoms with Gasteiger partial charge >= 0.3 is 12.0 Å². The maximum absolute atomic E-state index is 18.3. The predicted octanol–water partition coefficient (Wildman–Crippen LogP) is 10.2. The highest BCUT2D eigenvalue weighted by Crippen LogP contribution is 2.65. The maximum Gasteiger partial charge on any atom is 0.319 e. The Morgan fingerprint density at radius 3 is 2.06 bits per heavy atom. The lowest BCUT2D eigenvalue weighted by Crippen LogP contribution is -2.54. The van der Waals surface area contributed by atoms with Crippen molar-refractivity contribution in [3.8, 4) is 70.6 Å². The van der Waals surface area contributed by atoms with Crippen LogP contribution in [0.5, 0.6) is 23.5 Å². The monoisotopic (exact) mass is 1270 g/mol. The zero-order valence-electron chi connectivity index (χ0n) is 50.9. The van der Waals surface area contributed by atoms with Crippen LogP contribution in [0.2, 0.25) is 0 Å². The van der Waals surface area contributed by atoms with Gasteiger partial charge in [-0.15, -0.1) is 12.8 Å². The van der Waals surface area contributed by atoms with E-state index in [1.54, 1.807) is 12.1 Å². The number of nitrogens with zero attached hydrogens (tertiary/aromatic N) is 10. The van der Waals surface area contributed by atoms with Crippen LogP contribution in [0.25, 0.3) is 65.7 Å².